The molecule has 4 aromatic carbocycles. The van der Waals surface area contributed by atoms with Crippen LogP contribution in [0.5, 0.6) is 0 Å². The van der Waals surface area contributed by atoms with Crippen molar-refractivity contribution in [3.63, 3.8) is 0 Å². The zero-order chi connectivity index (χ0) is 14.2. The number of fused-ring (bicyclic) bond motifs is 2. The highest BCUT2D eigenvalue weighted by atomic mass is 14.1. The van der Waals surface area contributed by atoms with Crippen molar-refractivity contribution in [3.8, 4) is 11.1 Å². The number of hydrogen-bond donors (Lipinski definition) is 0. The van der Waals surface area contributed by atoms with Gasteiger partial charge in [0.1, 0.15) is 0 Å². The minimum Gasteiger partial charge on any atom is -0.0622 e. The molecule has 0 nitrogen and oxygen atoms in total. The molecule has 0 radical (unpaired) electrons. The largest absolute Gasteiger partial charge is 0.0622 e. The predicted octanol–water partition coefficient (Wildman–Crippen LogP) is 5.97. The monoisotopic (exact) mass is 268 g/mol. The van der Waals surface area contributed by atoms with Crippen molar-refractivity contribution in [2.45, 2.75) is 6.92 Å². The SMILES string of the molecule is Cc1cccc2c(-c3ccccc3)c3ccccc3cc12. The summed E-state index contributed by atoms with van der Waals surface area (Å²) in [6.07, 6.45) is 0. The van der Waals surface area contributed by atoms with Gasteiger partial charge in [0.05, 0.1) is 0 Å². The Morgan fingerprint density at radius 2 is 1.29 bits per heavy atom. The van der Waals surface area contributed by atoms with Crippen molar-refractivity contribution in [3.05, 3.63) is 84.4 Å². The molecule has 100 valence electrons. The molecule has 0 aromatic heterocycles. The Bertz CT molecular complexity index is 934. The van der Waals surface area contributed by atoms with E-state index in [2.05, 4.69) is 85.8 Å². The maximum atomic E-state index is 2.31. The molecule has 0 heteroatoms. The van der Waals surface area contributed by atoms with E-state index in [0.29, 0.717) is 0 Å². The highest BCUT2D eigenvalue weighted by Gasteiger charge is 2.10. The van der Waals surface area contributed by atoms with Crippen molar-refractivity contribution in [1.82, 2.24) is 0 Å². The second kappa shape index (κ2) is 4.75. The number of benzene rings is 4. The van der Waals surface area contributed by atoms with E-state index in [1.54, 1.807) is 0 Å². The molecule has 4 rings (SSSR count). The first-order chi connectivity index (χ1) is 10.3. The van der Waals surface area contributed by atoms with Crippen molar-refractivity contribution >= 4 is 21.5 Å². The fourth-order valence-corrected chi connectivity index (χ4v) is 3.16. The molecule has 0 unspecified atom stereocenters. The molecule has 0 bridgehead atoms. The predicted molar refractivity (Wildman–Crippen MR) is 91.6 cm³/mol. The molecule has 0 aliphatic heterocycles. The quantitative estimate of drug-likeness (QED) is 0.373. The van der Waals surface area contributed by atoms with Gasteiger partial charge in [0, 0.05) is 0 Å². The van der Waals surface area contributed by atoms with E-state index in [-0.39, 0.29) is 0 Å². The molecule has 0 N–H and O–H groups in total. The summed E-state index contributed by atoms with van der Waals surface area (Å²) in [5, 5.41) is 5.30. The van der Waals surface area contributed by atoms with E-state index in [4.69, 9.17) is 0 Å². The normalized spacial score (nSPS) is 11.1. The van der Waals surface area contributed by atoms with Gasteiger partial charge in [0.25, 0.3) is 0 Å². The van der Waals surface area contributed by atoms with Gasteiger partial charge in [0.2, 0.25) is 0 Å². The fourth-order valence-electron chi connectivity index (χ4n) is 3.16. The first kappa shape index (κ1) is 12.2. The highest BCUT2D eigenvalue weighted by Crippen LogP contribution is 2.37. The smallest absolute Gasteiger partial charge is 0.00267 e. The molecule has 0 aliphatic carbocycles. The Morgan fingerprint density at radius 3 is 2.14 bits per heavy atom. The summed E-state index contributed by atoms with van der Waals surface area (Å²) in [5.74, 6) is 0. The Labute approximate surface area is 124 Å². The molecule has 0 fully saturated rings. The van der Waals surface area contributed by atoms with Crippen molar-refractivity contribution in [2.24, 2.45) is 0 Å². The van der Waals surface area contributed by atoms with Crippen molar-refractivity contribution in [2.75, 3.05) is 0 Å². The molecule has 0 spiro atoms. The topological polar surface area (TPSA) is 0 Å². The Kier molecular flexibility index (Phi) is 2.75. The van der Waals surface area contributed by atoms with Crippen LogP contribution >= 0.6 is 0 Å². The van der Waals surface area contributed by atoms with E-state index in [1.807, 2.05) is 0 Å². The number of aryl methyl sites for hydroxylation is 1. The van der Waals surface area contributed by atoms with Gasteiger partial charge in [-0.2, -0.15) is 0 Å². The Hall–Kier alpha value is -2.60. The summed E-state index contributed by atoms with van der Waals surface area (Å²) in [6.45, 7) is 2.19. The minimum absolute atomic E-state index is 1.28. The van der Waals surface area contributed by atoms with E-state index in [1.165, 1.54) is 38.2 Å². The first-order valence-corrected chi connectivity index (χ1v) is 7.31. The number of rotatable bonds is 1. The van der Waals surface area contributed by atoms with Crippen LogP contribution in [-0.4, -0.2) is 0 Å². The van der Waals surface area contributed by atoms with Crippen LogP contribution < -0.4 is 0 Å². The fraction of sp³-hybridized carbons (Fsp3) is 0.0476. The van der Waals surface area contributed by atoms with Crippen LogP contribution in [0.2, 0.25) is 0 Å². The van der Waals surface area contributed by atoms with E-state index < -0.39 is 0 Å². The second-order valence-corrected chi connectivity index (χ2v) is 5.51. The summed E-state index contributed by atoms with van der Waals surface area (Å²) < 4.78 is 0. The van der Waals surface area contributed by atoms with Gasteiger partial charge in [-0.15, -0.1) is 0 Å². The third kappa shape index (κ3) is 1.92. The maximum absolute atomic E-state index is 2.31. The molecule has 0 atom stereocenters. The van der Waals surface area contributed by atoms with Crippen LogP contribution in [0, 0.1) is 6.92 Å². The summed E-state index contributed by atoms with van der Waals surface area (Å²) >= 11 is 0. The lowest BCUT2D eigenvalue weighted by atomic mass is 9.91. The lowest BCUT2D eigenvalue weighted by molar-refractivity contribution is 1.54. The van der Waals surface area contributed by atoms with Crippen LogP contribution in [0.4, 0.5) is 0 Å². The Morgan fingerprint density at radius 1 is 0.571 bits per heavy atom. The van der Waals surface area contributed by atoms with Crippen molar-refractivity contribution in [1.29, 1.82) is 0 Å². The molecule has 0 amide bonds. The van der Waals surface area contributed by atoms with Gasteiger partial charge < -0.3 is 0 Å². The van der Waals surface area contributed by atoms with Gasteiger partial charge in [-0.1, -0.05) is 72.8 Å². The first-order valence-electron chi connectivity index (χ1n) is 7.31. The second-order valence-electron chi connectivity index (χ2n) is 5.51. The van der Waals surface area contributed by atoms with E-state index in [0.717, 1.165) is 0 Å². The van der Waals surface area contributed by atoms with E-state index >= 15 is 0 Å². The number of hydrogen-bond acceptors (Lipinski definition) is 0. The lowest BCUT2D eigenvalue weighted by Crippen LogP contribution is -1.87. The zero-order valence-corrected chi connectivity index (χ0v) is 12.0. The average molecular weight is 268 g/mol. The molecule has 0 heterocycles. The molecule has 0 saturated heterocycles. The molecule has 21 heavy (non-hydrogen) atoms. The van der Waals surface area contributed by atoms with Crippen LogP contribution in [0.1, 0.15) is 5.56 Å². The van der Waals surface area contributed by atoms with Crippen molar-refractivity contribution < 1.29 is 0 Å². The van der Waals surface area contributed by atoms with Crippen LogP contribution in [0.3, 0.4) is 0 Å². The molecular weight excluding hydrogens is 252 g/mol. The molecule has 0 saturated carbocycles. The average Bonchev–Trinajstić information content (AvgIpc) is 2.54. The molecule has 4 aromatic rings. The van der Waals surface area contributed by atoms with Gasteiger partial charge in [-0.3, -0.25) is 0 Å². The Balaban J connectivity index is 2.26. The standard InChI is InChI=1S/C21H16/c1-15-8-7-13-19-20(15)14-17-11-5-6-12-18(17)21(19)16-9-3-2-4-10-16/h2-14H,1H3. The zero-order valence-electron chi connectivity index (χ0n) is 12.0. The lowest BCUT2D eigenvalue weighted by Gasteiger charge is -2.13. The van der Waals surface area contributed by atoms with Crippen LogP contribution in [0.15, 0.2) is 78.9 Å². The maximum Gasteiger partial charge on any atom is -0.00267 e. The van der Waals surface area contributed by atoms with Gasteiger partial charge in [-0.25, -0.2) is 0 Å². The minimum atomic E-state index is 1.28. The molecule has 0 aliphatic rings. The highest BCUT2D eigenvalue weighted by molar-refractivity contribution is 6.13. The van der Waals surface area contributed by atoms with Gasteiger partial charge >= 0.3 is 0 Å². The van der Waals surface area contributed by atoms with Crippen LogP contribution in [-0.2, 0) is 0 Å². The summed E-state index contributed by atoms with van der Waals surface area (Å²) in [5.41, 5.74) is 3.95. The molecular formula is C21H16. The van der Waals surface area contributed by atoms with E-state index in [9.17, 15) is 0 Å². The van der Waals surface area contributed by atoms with Crippen LogP contribution in [0.25, 0.3) is 32.7 Å². The third-order valence-corrected chi connectivity index (χ3v) is 4.19. The van der Waals surface area contributed by atoms with Gasteiger partial charge in [-0.05, 0) is 51.2 Å². The summed E-state index contributed by atoms with van der Waals surface area (Å²) in [6, 6.07) is 28.2. The summed E-state index contributed by atoms with van der Waals surface area (Å²) in [4.78, 5) is 0. The van der Waals surface area contributed by atoms with Gasteiger partial charge in [0.15, 0.2) is 0 Å². The summed E-state index contributed by atoms with van der Waals surface area (Å²) in [7, 11) is 0. The third-order valence-electron chi connectivity index (χ3n) is 4.19.